The number of nitrogens with one attached hydrogen (secondary N) is 1. The third-order valence-corrected chi connectivity index (χ3v) is 3.88. The molecule has 0 spiro atoms. The van der Waals surface area contributed by atoms with Crippen molar-refractivity contribution < 1.29 is 10.2 Å². The zero-order chi connectivity index (χ0) is 14.8. The largest absolute Gasteiger partial charge is 0.508 e. The number of rotatable bonds is 4. The summed E-state index contributed by atoms with van der Waals surface area (Å²) in [6.07, 6.45) is 0. The molecule has 0 saturated heterocycles. The van der Waals surface area contributed by atoms with Crippen LogP contribution in [0.5, 0.6) is 11.5 Å². The Balaban J connectivity index is 2.10. The molecule has 0 aliphatic heterocycles. The van der Waals surface area contributed by atoms with Gasteiger partial charge in [0.15, 0.2) is 0 Å². The van der Waals surface area contributed by atoms with E-state index in [4.69, 9.17) is 0 Å². The molecule has 0 atom stereocenters. The summed E-state index contributed by atoms with van der Waals surface area (Å²) in [4.78, 5) is 0. The quantitative estimate of drug-likeness (QED) is 0.794. The van der Waals surface area contributed by atoms with E-state index in [1.54, 1.807) is 12.1 Å². The molecule has 4 heteroatoms. The maximum absolute atomic E-state index is 9.79. The number of phenolic OH excluding ortho intramolecular Hbond substituents is 2. The van der Waals surface area contributed by atoms with E-state index >= 15 is 0 Å². The lowest BCUT2D eigenvalue weighted by Gasteiger charge is -2.27. The first kappa shape index (κ1) is 14.9. The van der Waals surface area contributed by atoms with E-state index in [1.165, 1.54) is 11.6 Å². The molecule has 0 aliphatic carbocycles. The molecule has 0 aliphatic rings. The Morgan fingerprint density at radius 1 is 1.05 bits per heavy atom. The molecule has 0 radical (unpaired) electrons. The van der Waals surface area contributed by atoms with Gasteiger partial charge >= 0.3 is 0 Å². The van der Waals surface area contributed by atoms with Crippen LogP contribution in [0.1, 0.15) is 25.0 Å². The van der Waals surface area contributed by atoms with Gasteiger partial charge in [0.1, 0.15) is 11.5 Å². The Morgan fingerprint density at radius 2 is 1.70 bits per heavy atom. The van der Waals surface area contributed by atoms with Crippen molar-refractivity contribution >= 4 is 15.9 Å². The zero-order valence-corrected chi connectivity index (χ0v) is 13.1. The van der Waals surface area contributed by atoms with Crippen LogP contribution in [0.2, 0.25) is 0 Å². The smallest absolute Gasteiger partial charge is 0.123 e. The summed E-state index contributed by atoms with van der Waals surface area (Å²) >= 11 is 3.43. The van der Waals surface area contributed by atoms with Crippen LogP contribution >= 0.6 is 15.9 Å². The number of aromatic hydroxyl groups is 2. The fourth-order valence-corrected chi connectivity index (χ4v) is 2.25. The van der Waals surface area contributed by atoms with Crippen LogP contribution in [0.15, 0.2) is 46.9 Å². The van der Waals surface area contributed by atoms with Crippen molar-refractivity contribution in [2.75, 3.05) is 0 Å². The van der Waals surface area contributed by atoms with Gasteiger partial charge in [-0.1, -0.05) is 34.1 Å². The minimum absolute atomic E-state index is 0.0680. The Hall–Kier alpha value is -1.52. The molecule has 0 bridgehead atoms. The van der Waals surface area contributed by atoms with E-state index in [0.717, 1.165) is 10.0 Å². The highest BCUT2D eigenvalue weighted by molar-refractivity contribution is 9.10. The van der Waals surface area contributed by atoms with Crippen molar-refractivity contribution in [3.05, 3.63) is 58.1 Å². The molecule has 0 aromatic heterocycles. The first-order valence-electron chi connectivity index (χ1n) is 6.40. The summed E-state index contributed by atoms with van der Waals surface area (Å²) in [6, 6.07) is 12.8. The van der Waals surface area contributed by atoms with Crippen LogP contribution in [0.3, 0.4) is 0 Å². The van der Waals surface area contributed by atoms with Gasteiger partial charge in [0.05, 0.1) is 0 Å². The minimum Gasteiger partial charge on any atom is -0.508 e. The molecule has 2 rings (SSSR count). The first-order valence-corrected chi connectivity index (χ1v) is 7.20. The topological polar surface area (TPSA) is 52.5 Å². The number of halogens is 1. The van der Waals surface area contributed by atoms with Gasteiger partial charge in [0.25, 0.3) is 0 Å². The highest BCUT2D eigenvalue weighted by Crippen LogP contribution is 2.26. The molecule has 0 amide bonds. The van der Waals surface area contributed by atoms with Gasteiger partial charge in [-0.05, 0) is 37.6 Å². The van der Waals surface area contributed by atoms with E-state index in [1.807, 2.05) is 12.1 Å². The summed E-state index contributed by atoms with van der Waals surface area (Å²) < 4.78 is 1.05. The second-order valence-electron chi connectivity index (χ2n) is 5.30. The normalized spacial score (nSPS) is 11.6. The molecule has 0 unspecified atom stereocenters. The van der Waals surface area contributed by atoms with Gasteiger partial charge in [0, 0.05) is 28.2 Å². The van der Waals surface area contributed by atoms with Crippen molar-refractivity contribution in [1.29, 1.82) is 0 Å². The number of hydrogen-bond acceptors (Lipinski definition) is 3. The van der Waals surface area contributed by atoms with Crippen molar-refractivity contribution in [2.45, 2.75) is 25.9 Å². The highest BCUT2D eigenvalue weighted by Gasteiger charge is 2.20. The van der Waals surface area contributed by atoms with E-state index in [9.17, 15) is 10.2 Å². The van der Waals surface area contributed by atoms with Gasteiger partial charge in [0.2, 0.25) is 0 Å². The zero-order valence-electron chi connectivity index (χ0n) is 11.5. The lowest BCUT2D eigenvalue weighted by atomic mass is 9.94. The second kappa shape index (κ2) is 5.85. The van der Waals surface area contributed by atoms with Crippen LogP contribution < -0.4 is 5.32 Å². The van der Waals surface area contributed by atoms with Crippen molar-refractivity contribution in [2.24, 2.45) is 0 Å². The number of benzene rings is 2. The van der Waals surface area contributed by atoms with E-state index in [0.29, 0.717) is 6.54 Å². The molecular weight excluding hydrogens is 318 g/mol. The number of phenols is 2. The summed E-state index contributed by atoms with van der Waals surface area (Å²) in [5, 5.41) is 22.5. The molecule has 20 heavy (non-hydrogen) atoms. The Kier molecular flexibility index (Phi) is 4.35. The Labute approximate surface area is 127 Å². The van der Waals surface area contributed by atoms with Crippen molar-refractivity contribution in [1.82, 2.24) is 5.32 Å². The van der Waals surface area contributed by atoms with Crippen molar-refractivity contribution in [3.8, 4) is 11.5 Å². The summed E-state index contributed by atoms with van der Waals surface area (Å²) in [5.41, 5.74) is 1.71. The molecule has 0 saturated carbocycles. The predicted molar refractivity (Wildman–Crippen MR) is 83.8 cm³/mol. The Bertz CT molecular complexity index is 594. The fraction of sp³-hybridized carbons (Fsp3) is 0.250. The van der Waals surface area contributed by atoms with Crippen LogP contribution in [0.25, 0.3) is 0 Å². The molecule has 106 valence electrons. The average molecular weight is 336 g/mol. The molecule has 3 N–H and O–H groups in total. The average Bonchev–Trinajstić information content (AvgIpc) is 2.38. The minimum atomic E-state index is -0.217. The Morgan fingerprint density at radius 3 is 2.30 bits per heavy atom. The number of hydrogen-bond donors (Lipinski definition) is 3. The lowest BCUT2D eigenvalue weighted by molar-refractivity contribution is 0.391. The maximum atomic E-state index is 9.79. The van der Waals surface area contributed by atoms with Gasteiger partial charge in [-0.3, -0.25) is 0 Å². The third kappa shape index (κ3) is 3.52. The maximum Gasteiger partial charge on any atom is 0.123 e. The molecule has 0 fully saturated rings. The lowest BCUT2D eigenvalue weighted by Crippen LogP contribution is -2.35. The van der Waals surface area contributed by atoms with E-state index in [-0.39, 0.29) is 17.0 Å². The molecular formula is C16H18BrNO2. The SMILES string of the molecule is CC(C)(NCc1ccc(O)cc1O)c1ccc(Br)cc1. The summed E-state index contributed by atoms with van der Waals surface area (Å²) in [7, 11) is 0. The van der Waals surface area contributed by atoms with Gasteiger partial charge in [-0.15, -0.1) is 0 Å². The van der Waals surface area contributed by atoms with Crippen LogP contribution in [-0.4, -0.2) is 10.2 Å². The highest BCUT2D eigenvalue weighted by atomic mass is 79.9. The summed E-state index contributed by atoms with van der Waals surface area (Å²) in [5.74, 6) is 0.169. The van der Waals surface area contributed by atoms with Gasteiger partial charge in [-0.25, -0.2) is 0 Å². The first-order chi connectivity index (χ1) is 9.38. The summed E-state index contributed by atoms with van der Waals surface area (Å²) in [6.45, 7) is 4.70. The van der Waals surface area contributed by atoms with Crippen molar-refractivity contribution in [3.63, 3.8) is 0 Å². The third-order valence-electron chi connectivity index (χ3n) is 3.36. The van der Waals surface area contributed by atoms with Crippen LogP contribution in [0.4, 0.5) is 0 Å². The predicted octanol–water partition coefficient (Wildman–Crippen LogP) is 3.89. The molecule has 2 aromatic carbocycles. The van der Waals surface area contributed by atoms with Crippen LogP contribution in [0, 0.1) is 0 Å². The van der Waals surface area contributed by atoms with Crippen LogP contribution in [-0.2, 0) is 12.1 Å². The monoisotopic (exact) mass is 335 g/mol. The second-order valence-corrected chi connectivity index (χ2v) is 6.21. The van der Waals surface area contributed by atoms with E-state index in [2.05, 4.69) is 47.2 Å². The molecule has 2 aromatic rings. The van der Waals surface area contributed by atoms with Gasteiger partial charge in [-0.2, -0.15) is 0 Å². The standard InChI is InChI=1S/C16H18BrNO2/c1-16(2,12-4-6-13(17)7-5-12)18-10-11-3-8-14(19)9-15(11)20/h3-9,18-20H,10H2,1-2H3. The van der Waals surface area contributed by atoms with E-state index < -0.39 is 0 Å². The fourth-order valence-electron chi connectivity index (χ4n) is 1.99. The van der Waals surface area contributed by atoms with Gasteiger partial charge < -0.3 is 15.5 Å². The molecule has 0 heterocycles. The molecule has 3 nitrogen and oxygen atoms in total.